The molecule has 0 radical (unpaired) electrons. The van der Waals surface area contributed by atoms with Crippen molar-refractivity contribution in [3.63, 3.8) is 0 Å². The normalized spacial score (nSPS) is 12.9. The predicted molar refractivity (Wildman–Crippen MR) is 233 cm³/mol. The second kappa shape index (κ2) is 19.6. The van der Waals surface area contributed by atoms with Crippen LogP contribution in [-0.4, -0.2) is 18.2 Å². The number of fused-ring (bicyclic) bond motifs is 2. The van der Waals surface area contributed by atoms with Gasteiger partial charge in [0.15, 0.2) is 0 Å². The fraction of sp³-hybridized carbons (Fsp3) is 0.489. The van der Waals surface area contributed by atoms with Crippen LogP contribution >= 0.6 is 45.3 Å². The Morgan fingerprint density at radius 1 is 0.615 bits per heavy atom. The number of pyridine rings is 1. The maximum Gasteiger partial charge on any atom is 0.146 e. The Hall–Kier alpha value is -2.71. The van der Waals surface area contributed by atoms with Gasteiger partial charge in [-0.1, -0.05) is 92.4 Å². The predicted octanol–water partition coefficient (Wildman–Crippen LogP) is 15.9. The van der Waals surface area contributed by atoms with Crippen molar-refractivity contribution in [1.29, 1.82) is 0 Å². The van der Waals surface area contributed by atoms with E-state index in [1.807, 2.05) is 34.0 Å². The van der Waals surface area contributed by atoms with E-state index in [-0.39, 0.29) is 0 Å². The average molecular weight is 772 g/mol. The van der Waals surface area contributed by atoms with Crippen LogP contribution in [0.4, 0.5) is 0 Å². The van der Waals surface area contributed by atoms with Gasteiger partial charge in [0.1, 0.15) is 11.5 Å². The molecule has 2 unspecified atom stereocenters. The summed E-state index contributed by atoms with van der Waals surface area (Å²) in [5, 5.41) is 6.91. The lowest BCUT2D eigenvalue weighted by Crippen LogP contribution is -2.12. The number of hydrogen-bond donors (Lipinski definition) is 0. The van der Waals surface area contributed by atoms with E-state index in [0.29, 0.717) is 11.8 Å². The molecule has 278 valence electrons. The van der Waals surface area contributed by atoms with E-state index in [0.717, 1.165) is 43.2 Å². The van der Waals surface area contributed by atoms with Crippen molar-refractivity contribution in [1.82, 2.24) is 4.98 Å². The minimum Gasteiger partial charge on any atom is -0.491 e. The van der Waals surface area contributed by atoms with E-state index >= 15 is 0 Å². The van der Waals surface area contributed by atoms with Crippen molar-refractivity contribution in [2.24, 2.45) is 11.8 Å². The first-order valence-electron chi connectivity index (χ1n) is 19.9. The summed E-state index contributed by atoms with van der Waals surface area (Å²) in [4.78, 5) is 9.98. The Bertz CT molecular complexity index is 1890. The molecule has 0 N–H and O–H groups in total. The summed E-state index contributed by atoms with van der Waals surface area (Å²) in [6.45, 7) is 12.9. The quantitative estimate of drug-likeness (QED) is 0.0644. The standard InChI is InChI=1S/C45H57NO2S4/c1-6-11-14-15-18-33-25-40(50-30-33)34-19-20-37(46-27-34)38-21-22-39(51-38)41-26-36-43(48-29-32(10-5)17-13-8-3)44-35(23-24-49-44)42(45(36)52-41)47-28-31(9-4)16-12-7-2/h19-27,30-32H,6-18,28-29H2,1-5H3. The molecule has 0 fully saturated rings. The minimum atomic E-state index is 0.569. The molecule has 5 aromatic heterocycles. The summed E-state index contributed by atoms with van der Waals surface area (Å²) in [7, 11) is 0. The van der Waals surface area contributed by atoms with Gasteiger partial charge < -0.3 is 9.47 Å². The summed E-state index contributed by atoms with van der Waals surface area (Å²) < 4.78 is 16.1. The van der Waals surface area contributed by atoms with Gasteiger partial charge in [0.05, 0.1) is 33.2 Å². The highest BCUT2D eigenvalue weighted by Crippen LogP contribution is 2.51. The molecule has 0 saturated carbocycles. The Morgan fingerprint density at radius 2 is 1.33 bits per heavy atom. The monoisotopic (exact) mass is 771 g/mol. The molecule has 0 aliphatic carbocycles. The highest BCUT2D eigenvalue weighted by atomic mass is 32.1. The van der Waals surface area contributed by atoms with Crippen molar-refractivity contribution < 1.29 is 9.47 Å². The average Bonchev–Trinajstić information content (AvgIpc) is 4.01. The molecule has 0 spiro atoms. The van der Waals surface area contributed by atoms with Crippen LogP contribution in [0, 0.1) is 11.8 Å². The first kappa shape index (κ1) is 39.0. The van der Waals surface area contributed by atoms with Crippen molar-refractivity contribution >= 4 is 65.5 Å². The number of unbranched alkanes of at least 4 members (excludes halogenated alkanes) is 5. The summed E-state index contributed by atoms with van der Waals surface area (Å²) >= 11 is 7.29. The van der Waals surface area contributed by atoms with Gasteiger partial charge in [0, 0.05) is 37.2 Å². The van der Waals surface area contributed by atoms with Crippen LogP contribution in [-0.2, 0) is 6.42 Å². The second-order valence-corrected chi connectivity index (χ2v) is 18.3. The Morgan fingerprint density at radius 3 is 2.00 bits per heavy atom. The molecule has 0 aliphatic heterocycles. The number of thiophene rings is 4. The fourth-order valence-electron chi connectivity index (χ4n) is 6.95. The summed E-state index contributed by atoms with van der Waals surface area (Å²) in [6, 6.07) is 15.9. The zero-order valence-electron chi connectivity index (χ0n) is 31.9. The number of hydrogen-bond acceptors (Lipinski definition) is 7. The smallest absolute Gasteiger partial charge is 0.146 e. The van der Waals surface area contributed by atoms with Gasteiger partial charge in [-0.05, 0) is 96.3 Å². The Labute approximate surface area is 328 Å². The van der Waals surface area contributed by atoms with Crippen LogP contribution in [0.2, 0.25) is 0 Å². The molecule has 1 aromatic carbocycles. The third-order valence-electron chi connectivity index (χ3n) is 10.4. The Balaban J connectivity index is 1.28. The molecule has 6 rings (SSSR count). The fourth-order valence-corrected chi connectivity index (χ4v) is 11.0. The number of rotatable bonds is 22. The highest BCUT2D eigenvalue weighted by molar-refractivity contribution is 7.27. The van der Waals surface area contributed by atoms with Gasteiger partial charge in [-0.15, -0.1) is 45.3 Å². The topological polar surface area (TPSA) is 31.4 Å². The zero-order chi connectivity index (χ0) is 36.3. The zero-order valence-corrected chi connectivity index (χ0v) is 35.2. The molecule has 0 bridgehead atoms. The first-order valence-corrected chi connectivity index (χ1v) is 23.3. The third-order valence-corrected chi connectivity index (χ3v) is 14.8. The van der Waals surface area contributed by atoms with Gasteiger partial charge >= 0.3 is 0 Å². The van der Waals surface area contributed by atoms with E-state index in [4.69, 9.17) is 14.5 Å². The van der Waals surface area contributed by atoms with Crippen LogP contribution in [0.25, 0.3) is 50.9 Å². The lowest BCUT2D eigenvalue weighted by atomic mass is 10.0. The maximum absolute atomic E-state index is 6.85. The van der Waals surface area contributed by atoms with Gasteiger partial charge in [0.25, 0.3) is 0 Å². The van der Waals surface area contributed by atoms with Crippen molar-refractivity contribution in [3.8, 4) is 42.3 Å². The van der Waals surface area contributed by atoms with Crippen LogP contribution in [0.5, 0.6) is 11.5 Å². The minimum absolute atomic E-state index is 0.569. The number of benzene rings is 1. The molecule has 52 heavy (non-hydrogen) atoms. The van der Waals surface area contributed by atoms with Gasteiger partial charge in [-0.3, -0.25) is 4.98 Å². The van der Waals surface area contributed by atoms with E-state index in [2.05, 4.69) is 94.0 Å². The molecule has 0 amide bonds. The van der Waals surface area contributed by atoms with Crippen LogP contribution in [0.3, 0.4) is 0 Å². The van der Waals surface area contributed by atoms with E-state index in [1.165, 1.54) is 121 Å². The molecule has 2 atom stereocenters. The summed E-state index contributed by atoms with van der Waals surface area (Å²) in [5.74, 6) is 3.21. The summed E-state index contributed by atoms with van der Waals surface area (Å²) in [6.07, 6.45) is 18.1. The van der Waals surface area contributed by atoms with Crippen LogP contribution < -0.4 is 9.47 Å². The molecule has 3 nitrogen and oxygen atoms in total. The lowest BCUT2D eigenvalue weighted by Gasteiger charge is -2.19. The SMILES string of the molecule is CCCCCCc1csc(-c2ccc(-c3ccc(-c4cc5c(OCC(CC)CCCC)c6sccc6c(OCC(CC)CCCC)c5s4)s3)nc2)c1. The number of aryl methyl sites for hydroxylation is 1. The lowest BCUT2D eigenvalue weighted by molar-refractivity contribution is 0.235. The van der Waals surface area contributed by atoms with Crippen LogP contribution in [0.1, 0.15) is 117 Å². The second-order valence-electron chi connectivity index (χ2n) is 14.4. The van der Waals surface area contributed by atoms with E-state index in [9.17, 15) is 0 Å². The van der Waals surface area contributed by atoms with Gasteiger partial charge in [-0.2, -0.15) is 0 Å². The van der Waals surface area contributed by atoms with Crippen molar-refractivity contribution in [2.75, 3.05) is 13.2 Å². The highest BCUT2D eigenvalue weighted by Gasteiger charge is 2.23. The largest absolute Gasteiger partial charge is 0.491 e. The number of ether oxygens (including phenoxy) is 2. The summed E-state index contributed by atoms with van der Waals surface area (Å²) in [5.41, 5.74) is 3.69. The molecule has 0 aliphatic rings. The van der Waals surface area contributed by atoms with Gasteiger partial charge in [-0.25, -0.2) is 0 Å². The molecule has 0 saturated heterocycles. The number of nitrogens with zero attached hydrogens (tertiary/aromatic N) is 1. The molecular formula is C45H57NO2S4. The first-order chi connectivity index (χ1) is 25.6. The molecular weight excluding hydrogens is 715 g/mol. The molecule has 5 heterocycles. The van der Waals surface area contributed by atoms with E-state index < -0.39 is 0 Å². The van der Waals surface area contributed by atoms with E-state index in [1.54, 1.807) is 11.3 Å². The van der Waals surface area contributed by atoms with Crippen LogP contribution in [0.15, 0.2) is 59.4 Å². The maximum atomic E-state index is 6.85. The number of aromatic nitrogens is 1. The van der Waals surface area contributed by atoms with Gasteiger partial charge in [0.2, 0.25) is 0 Å². The third kappa shape index (κ3) is 9.50. The Kier molecular flexibility index (Phi) is 14.7. The van der Waals surface area contributed by atoms with Crippen molar-refractivity contribution in [3.05, 3.63) is 65.0 Å². The van der Waals surface area contributed by atoms with Crippen molar-refractivity contribution in [2.45, 2.75) is 118 Å². The molecule has 6 aromatic rings. The molecule has 7 heteroatoms.